The number of primary amides is 2. The molecule has 3 amide bonds. The third-order valence-electron chi connectivity index (χ3n) is 5.87. The van der Waals surface area contributed by atoms with Crippen LogP contribution in [0.1, 0.15) is 43.8 Å². The van der Waals surface area contributed by atoms with Crippen LogP contribution < -0.4 is 22.1 Å². The maximum absolute atomic E-state index is 13.1. The van der Waals surface area contributed by atoms with Crippen LogP contribution in [0.15, 0.2) is 48.7 Å². The molecule has 4 aromatic rings. The minimum absolute atomic E-state index is 0.0264. The molecule has 206 valence electrons. The Morgan fingerprint density at radius 3 is 2.52 bits per heavy atom. The molecule has 0 atom stereocenters. The molecule has 6 N–H and O–H groups in total. The van der Waals surface area contributed by atoms with Gasteiger partial charge in [-0.1, -0.05) is 12.2 Å². The normalized spacial score (nSPS) is 11.2. The first-order chi connectivity index (χ1) is 19.1. The molecule has 1 aromatic carbocycles. The second-order valence-electron chi connectivity index (χ2n) is 8.62. The highest BCUT2D eigenvalue weighted by Gasteiger charge is 2.19. The molecule has 0 aliphatic carbocycles. The zero-order valence-electron chi connectivity index (χ0n) is 21.6. The molecule has 40 heavy (non-hydrogen) atoms. The number of nitrogens with zero attached hydrogens (tertiary/aromatic N) is 6. The van der Waals surface area contributed by atoms with Crippen LogP contribution in [0.2, 0.25) is 0 Å². The van der Waals surface area contributed by atoms with Gasteiger partial charge >= 0.3 is 0 Å². The van der Waals surface area contributed by atoms with Crippen LogP contribution in [0.3, 0.4) is 0 Å². The molecule has 0 radical (unpaired) electrons. The number of amides is 3. The van der Waals surface area contributed by atoms with Gasteiger partial charge in [-0.3, -0.25) is 39.1 Å². The smallest absolute Gasteiger partial charge is 0.293 e. The standard InChI is InChI=1S/C25H26N10O5/c1-3-34-20(10-14(2)32-34)24(38)31-25-30-18-11-16(22(27)37)13-29-23(18)33(25)9-5-4-8-28-17-7-6-15(21(26)36)12-19(17)35(39)40/h4-7,10-13,28H,3,8-9H2,1-2H3,(H2,26,36)(H2,27,37)(H,30,31,38)/b5-4+. The summed E-state index contributed by atoms with van der Waals surface area (Å²) in [6.07, 6.45) is 4.79. The molecule has 3 aromatic heterocycles. The number of nitro benzene ring substituents is 1. The molecule has 0 fully saturated rings. The van der Waals surface area contributed by atoms with E-state index >= 15 is 0 Å². The van der Waals surface area contributed by atoms with Gasteiger partial charge in [-0.2, -0.15) is 5.10 Å². The number of nitrogens with two attached hydrogens (primary N) is 2. The van der Waals surface area contributed by atoms with Crippen LogP contribution in [0, 0.1) is 17.0 Å². The van der Waals surface area contributed by atoms with Crippen LogP contribution in [0.25, 0.3) is 11.2 Å². The lowest BCUT2D eigenvalue weighted by Gasteiger charge is -2.09. The fourth-order valence-electron chi connectivity index (χ4n) is 3.97. The molecule has 0 aliphatic rings. The number of carbonyl (C=O) groups excluding carboxylic acids is 3. The summed E-state index contributed by atoms with van der Waals surface area (Å²) >= 11 is 0. The SMILES string of the molecule is CCn1nc(C)cc1C(=O)Nc1nc2cc(C(N)=O)cnc2n1C/C=C/CNc1ccc(C(N)=O)cc1[N+](=O)[O-]. The van der Waals surface area contributed by atoms with Gasteiger partial charge in [0.1, 0.15) is 16.9 Å². The fraction of sp³-hybridized carbons (Fsp3) is 0.200. The molecule has 15 heteroatoms. The van der Waals surface area contributed by atoms with Gasteiger partial charge in [0.2, 0.25) is 17.8 Å². The number of nitrogens with one attached hydrogen (secondary N) is 2. The van der Waals surface area contributed by atoms with E-state index < -0.39 is 22.6 Å². The topological polar surface area (TPSA) is 219 Å². The molecule has 15 nitrogen and oxygen atoms in total. The van der Waals surface area contributed by atoms with E-state index in [1.807, 2.05) is 6.92 Å². The summed E-state index contributed by atoms with van der Waals surface area (Å²) in [6, 6.07) is 7.06. The number of pyridine rings is 1. The zero-order chi connectivity index (χ0) is 29.0. The summed E-state index contributed by atoms with van der Waals surface area (Å²) in [6.45, 7) is 4.57. The Hall–Kier alpha value is -5.60. The number of allylic oxidation sites excluding steroid dienone is 1. The number of hydrogen-bond acceptors (Lipinski definition) is 9. The Balaban J connectivity index is 1.56. The van der Waals surface area contributed by atoms with Gasteiger partial charge in [-0.05, 0) is 38.1 Å². The molecular formula is C25H26N10O5. The molecule has 3 heterocycles. The van der Waals surface area contributed by atoms with Crippen molar-refractivity contribution in [3.63, 3.8) is 0 Å². The van der Waals surface area contributed by atoms with E-state index in [0.29, 0.717) is 29.1 Å². The number of rotatable bonds is 11. The predicted octanol–water partition coefficient (Wildman–Crippen LogP) is 1.98. The molecule has 0 saturated carbocycles. The third-order valence-corrected chi connectivity index (χ3v) is 5.87. The van der Waals surface area contributed by atoms with E-state index in [2.05, 4.69) is 25.7 Å². The lowest BCUT2D eigenvalue weighted by atomic mass is 10.1. The lowest BCUT2D eigenvalue weighted by Crippen LogP contribution is -2.20. The number of imidazole rings is 1. The summed E-state index contributed by atoms with van der Waals surface area (Å²) in [4.78, 5) is 55.6. The van der Waals surface area contributed by atoms with Crippen LogP contribution in [-0.4, -0.2) is 53.5 Å². The Labute approximate surface area is 227 Å². The second-order valence-corrected chi connectivity index (χ2v) is 8.62. The van der Waals surface area contributed by atoms with Crippen molar-refractivity contribution in [3.05, 3.63) is 81.3 Å². The van der Waals surface area contributed by atoms with E-state index in [4.69, 9.17) is 11.5 Å². The predicted molar refractivity (Wildman–Crippen MR) is 146 cm³/mol. The van der Waals surface area contributed by atoms with Crippen LogP contribution in [0.5, 0.6) is 0 Å². The first-order valence-corrected chi connectivity index (χ1v) is 12.1. The maximum Gasteiger partial charge on any atom is 0.293 e. The molecule has 0 aliphatic heterocycles. The molecular weight excluding hydrogens is 520 g/mol. The first-order valence-electron chi connectivity index (χ1n) is 12.1. The Morgan fingerprint density at radius 2 is 1.85 bits per heavy atom. The van der Waals surface area contributed by atoms with Gasteiger partial charge in [0.15, 0.2) is 5.65 Å². The number of anilines is 2. The van der Waals surface area contributed by atoms with Crippen molar-refractivity contribution in [3.8, 4) is 0 Å². The van der Waals surface area contributed by atoms with Crippen molar-refractivity contribution >= 4 is 46.2 Å². The highest BCUT2D eigenvalue weighted by atomic mass is 16.6. The summed E-state index contributed by atoms with van der Waals surface area (Å²) in [5.74, 6) is -1.67. The van der Waals surface area contributed by atoms with Gasteiger partial charge in [0.25, 0.3) is 11.6 Å². The first kappa shape index (κ1) is 27.4. The van der Waals surface area contributed by atoms with Crippen LogP contribution in [-0.2, 0) is 13.1 Å². The van der Waals surface area contributed by atoms with Crippen molar-refractivity contribution in [1.29, 1.82) is 0 Å². The van der Waals surface area contributed by atoms with Gasteiger partial charge < -0.3 is 16.8 Å². The summed E-state index contributed by atoms with van der Waals surface area (Å²) in [5, 5.41) is 21.4. The van der Waals surface area contributed by atoms with Crippen molar-refractivity contribution in [2.45, 2.75) is 26.9 Å². The van der Waals surface area contributed by atoms with Gasteiger partial charge in [-0.25, -0.2) is 9.97 Å². The maximum atomic E-state index is 13.1. The van der Waals surface area contributed by atoms with E-state index in [0.717, 1.165) is 6.07 Å². The molecule has 0 bridgehead atoms. The number of aromatic nitrogens is 5. The van der Waals surface area contributed by atoms with Crippen molar-refractivity contribution in [2.75, 3.05) is 17.2 Å². The summed E-state index contributed by atoms with van der Waals surface area (Å²) in [7, 11) is 0. The average molecular weight is 547 g/mol. The van der Waals surface area contributed by atoms with Crippen LogP contribution >= 0.6 is 0 Å². The van der Waals surface area contributed by atoms with E-state index in [-0.39, 0.29) is 41.5 Å². The number of hydrogen-bond donors (Lipinski definition) is 4. The number of benzene rings is 1. The van der Waals surface area contributed by atoms with Crippen molar-refractivity contribution in [1.82, 2.24) is 24.3 Å². The largest absolute Gasteiger partial charge is 0.376 e. The molecule has 0 saturated heterocycles. The molecule has 0 spiro atoms. The highest BCUT2D eigenvalue weighted by molar-refractivity contribution is 6.03. The minimum atomic E-state index is -0.768. The zero-order valence-corrected chi connectivity index (χ0v) is 21.6. The van der Waals surface area contributed by atoms with Gasteiger partial charge in [0.05, 0.1) is 16.2 Å². The number of nitro groups is 1. The highest BCUT2D eigenvalue weighted by Crippen LogP contribution is 2.25. The third kappa shape index (κ3) is 5.77. The summed E-state index contributed by atoms with van der Waals surface area (Å²) in [5.41, 5.74) is 12.5. The number of carbonyl (C=O) groups is 3. The monoisotopic (exact) mass is 546 g/mol. The van der Waals surface area contributed by atoms with Gasteiger partial charge in [-0.15, -0.1) is 0 Å². The Bertz CT molecular complexity index is 1670. The van der Waals surface area contributed by atoms with E-state index in [1.165, 1.54) is 24.4 Å². The molecule has 4 rings (SSSR count). The lowest BCUT2D eigenvalue weighted by molar-refractivity contribution is -0.384. The Morgan fingerprint density at radius 1 is 1.10 bits per heavy atom. The summed E-state index contributed by atoms with van der Waals surface area (Å²) < 4.78 is 3.21. The average Bonchev–Trinajstić information content (AvgIpc) is 3.47. The van der Waals surface area contributed by atoms with Gasteiger partial charge in [0, 0.05) is 37.5 Å². The van der Waals surface area contributed by atoms with Crippen molar-refractivity contribution < 1.29 is 19.3 Å². The molecule has 0 unspecified atom stereocenters. The van der Waals surface area contributed by atoms with E-state index in [1.54, 1.807) is 34.4 Å². The quantitative estimate of drug-likeness (QED) is 0.123. The number of aryl methyl sites for hydroxylation is 2. The fourth-order valence-corrected chi connectivity index (χ4v) is 3.97. The second kappa shape index (κ2) is 11.4. The van der Waals surface area contributed by atoms with Crippen LogP contribution in [0.4, 0.5) is 17.3 Å². The minimum Gasteiger partial charge on any atom is -0.376 e. The van der Waals surface area contributed by atoms with E-state index in [9.17, 15) is 24.5 Å². The Kier molecular flexibility index (Phi) is 7.84. The van der Waals surface area contributed by atoms with Crippen molar-refractivity contribution in [2.24, 2.45) is 11.5 Å². The number of fused-ring (bicyclic) bond motifs is 1.